The quantitative estimate of drug-likeness (QED) is 0.165. The highest BCUT2D eigenvalue weighted by Crippen LogP contribution is 2.31. The fourth-order valence-corrected chi connectivity index (χ4v) is 6.16. The van der Waals surface area contributed by atoms with E-state index in [2.05, 4.69) is 9.80 Å². The molecule has 2 saturated heterocycles. The molecule has 0 aliphatic carbocycles. The zero-order valence-corrected chi connectivity index (χ0v) is 25.0. The van der Waals surface area contributed by atoms with E-state index in [1.54, 1.807) is 0 Å². The van der Waals surface area contributed by atoms with Crippen LogP contribution in [-0.2, 0) is 22.7 Å². The molecule has 0 unspecified atom stereocenters. The monoisotopic (exact) mass is 630 g/mol. The van der Waals surface area contributed by atoms with Crippen molar-refractivity contribution in [3.05, 3.63) is 88.0 Å². The van der Waals surface area contributed by atoms with E-state index in [0.717, 1.165) is 71.1 Å². The summed E-state index contributed by atoms with van der Waals surface area (Å²) < 4.78 is 11.3. The molecule has 0 radical (unpaired) electrons. The average molecular weight is 631 g/mol. The fourth-order valence-electron chi connectivity index (χ4n) is 6.16. The maximum Gasteiger partial charge on any atom is 0.281 e. The minimum absolute atomic E-state index is 0.0227. The summed E-state index contributed by atoms with van der Waals surface area (Å²) in [7, 11) is 0. The third-order valence-corrected chi connectivity index (χ3v) is 8.72. The van der Waals surface area contributed by atoms with E-state index in [1.807, 2.05) is 0 Å². The zero-order chi connectivity index (χ0) is 32.3. The van der Waals surface area contributed by atoms with Crippen molar-refractivity contribution in [2.24, 2.45) is 11.8 Å². The van der Waals surface area contributed by atoms with Crippen LogP contribution in [-0.4, -0.2) is 69.1 Å². The molecule has 16 nitrogen and oxygen atoms in total. The van der Waals surface area contributed by atoms with Gasteiger partial charge in [0.25, 0.3) is 22.7 Å². The fraction of sp³-hybridized carbons (Fsp3) is 0.586. The van der Waals surface area contributed by atoms with Crippen LogP contribution in [0.4, 0.5) is 22.7 Å². The minimum Gasteiger partial charge on any atom is -0.361 e. The Hall–Kier alpha value is -4.12. The number of piperidine rings is 2. The second-order valence-electron chi connectivity index (χ2n) is 11.6. The van der Waals surface area contributed by atoms with Gasteiger partial charge in [-0.15, -0.1) is 0 Å². The van der Waals surface area contributed by atoms with Crippen LogP contribution in [0, 0.1) is 52.3 Å². The van der Waals surface area contributed by atoms with E-state index < -0.39 is 19.7 Å². The highest BCUT2D eigenvalue weighted by Gasteiger charge is 2.27. The molecule has 45 heavy (non-hydrogen) atoms. The Morgan fingerprint density at radius 1 is 0.578 bits per heavy atom. The van der Waals surface area contributed by atoms with E-state index in [1.165, 1.54) is 36.4 Å². The summed E-state index contributed by atoms with van der Waals surface area (Å²) in [6.07, 6.45) is 7.56. The Morgan fingerprint density at radius 2 is 0.889 bits per heavy atom. The van der Waals surface area contributed by atoms with Gasteiger partial charge in [-0.05, 0) is 49.7 Å². The first-order chi connectivity index (χ1) is 21.6. The number of hydrogen-bond donors (Lipinski definition) is 0. The van der Waals surface area contributed by atoms with E-state index in [-0.39, 0.29) is 60.6 Å². The summed E-state index contributed by atoms with van der Waals surface area (Å²) in [4.78, 5) is 47.0. The van der Waals surface area contributed by atoms with E-state index in [0.29, 0.717) is 11.8 Å². The average Bonchev–Trinajstić information content (AvgIpc) is 3.02. The maximum atomic E-state index is 11.3. The highest BCUT2D eigenvalue weighted by molar-refractivity contribution is 5.53. The lowest BCUT2D eigenvalue weighted by Crippen LogP contribution is -2.36. The standard InChI is InChI=1S/C29H38N6O10/c36-32(37)26-6-2-7-27(33(38)39)24(26)18-44-20-30-14-10-22(11-15-30)4-1-5-23-12-16-31(17-13-23)21-45-19-25-28(34(40)41)8-3-9-29(25)35(42)43/h2-3,6-9,22-23H,1,4-5,10-21H2. The van der Waals surface area contributed by atoms with Crippen molar-refractivity contribution in [1.29, 1.82) is 0 Å². The van der Waals surface area contributed by atoms with Crippen molar-refractivity contribution in [3.63, 3.8) is 0 Å². The zero-order valence-electron chi connectivity index (χ0n) is 25.0. The lowest BCUT2D eigenvalue weighted by molar-refractivity contribution is -0.396. The van der Waals surface area contributed by atoms with Gasteiger partial charge in [0, 0.05) is 50.4 Å². The van der Waals surface area contributed by atoms with E-state index in [9.17, 15) is 40.5 Å². The van der Waals surface area contributed by atoms with Crippen LogP contribution >= 0.6 is 0 Å². The number of rotatable bonds is 16. The second kappa shape index (κ2) is 16.3. The third kappa shape index (κ3) is 9.43. The molecule has 0 spiro atoms. The lowest BCUT2D eigenvalue weighted by atomic mass is 9.87. The lowest BCUT2D eigenvalue weighted by Gasteiger charge is -2.33. The van der Waals surface area contributed by atoms with Crippen LogP contribution in [0.2, 0.25) is 0 Å². The summed E-state index contributed by atoms with van der Waals surface area (Å²) in [6, 6.07) is 7.58. The molecule has 244 valence electrons. The molecule has 2 aliphatic heterocycles. The summed E-state index contributed by atoms with van der Waals surface area (Å²) in [6.45, 7) is 3.50. The van der Waals surface area contributed by atoms with Crippen LogP contribution in [0.1, 0.15) is 56.1 Å². The molecule has 2 fully saturated rings. The molecule has 0 amide bonds. The molecule has 16 heteroatoms. The van der Waals surface area contributed by atoms with Gasteiger partial charge < -0.3 is 9.47 Å². The Bertz CT molecular complexity index is 1190. The maximum absolute atomic E-state index is 11.3. The van der Waals surface area contributed by atoms with Crippen LogP contribution in [0.15, 0.2) is 36.4 Å². The Balaban J connectivity index is 1.09. The van der Waals surface area contributed by atoms with E-state index >= 15 is 0 Å². The van der Waals surface area contributed by atoms with Crippen LogP contribution in [0.5, 0.6) is 0 Å². The van der Waals surface area contributed by atoms with Gasteiger partial charge in [0.2, 0.25) is 0 Å². The molecule has 4 rings (SSSR count). The van der Waals surface area contributed by atoms with Gasteiger partial charge in [-0.2, -0.15) is 0 Å². The van der Waals surface area contributed by atoms with Crippen LogP contribution in [0.25, 0.3) is 0 Å². The topological polar surface area (TPSA) is 198 Å². The number of likely N-dealkylation sites (tertiary alicyclic amines) is 2. The van der Waals surface area contributed by atoms with Crippen LogP contribution < -0.4 is 0 Å². The SMILES string of the molecule is O=[N+]([O-])c1cccc([N+](=O)[O-])c1COCN1CCC(CCCC2CCN(COCc3c([N+](=O)[O-])cccc3[N+](=O)[O-])CC2)CC1. The normalized spacial score (nSPS) is 16.9. The molecular weight excluding hydrogens is 592 g/mol. The molecule has 0 N–H and O–H groups in total. The van der Waals surface area contributed by atoms with Crippen molar-refractivity contribution in [2.75, 3.05) is 39.6 Å². The molecule has 2 aliphatic rings. The predicted molar refractivity (Wildman–Crippen MR) is 161 cm³/mol. The molecule has 2 aromatic carbocycles. The number of ether oxygens (including phenoxy) is 2. The third-order valence-electron chi connectivity index (χ3n) is 8.72. The van der Waals surface area contributed by atoms with Crippen molar-refractivity contribution in [1.82, 2.24) is 9.80 Å². The molecule has 2 aromatic rings. The summed E-state index contributed by atoms with van der Waals surface area (Å²) in [5.74, 6) is 1.24. The van der Waals surface area contributed by atoms with Gasteiger partial charge in [0.1, 0.15) is 11.1 Å². The number of nitro groups is 4. The first-order valence-corrected chi connectivity index (χ1v) is 15.1. The Morgan fingerprint density at radius 3 is 1.18 bits per heavy atom. The molecule has 0 bridgehead atoms. The van der Waals surface area contributed by atoms with Crippen molar-refractivity contribution < 1.29 is 29.2 Å². The first kappa shape index (κ1) is 33.8. The van der Waals surface area contributed by atoms with E-state index in [4.69, 9.17) is 9.47 Å². The van der Waals surface area contributed by atoms with Gasteiger partial charge in [-0.1, -0.05) is 19.3 Å². The van der Waals surface area contributed by atoms with Crippen molar-refractivity contribution >= 4 is 22.7 Å². The Kier molecular flexibility index (Phi) is 12.2. The summed E-state index contributed by atoms with van der Waals surface area (Å²) >= 11 is 0. The van der Waals surface area contributed by atoms with Gasteiger partial charge in [0.15, 0.2) is 0 Å². The predicted octanol–water partition coefficient (Wildman–Crippen LogP) is 5.56. The largest absolute Gasteiger partial charge is 0.361 e. The first-order valence-electron chi connectivity index (χ1n) is 15.1. The second-order valence-corrected chi connectivity index (χ2v) is 11.6. The minimum atomic E-state index is -0.628. The molecule has 2 heterocycles. The number of nitrogens with zero attached hydrogens (tertiary/aromatic N) is 6. The summed E-state index contributed by atoms with van der Waals surface area (Å²) in [5.41, 5.74) is -1.30. The molecule has 0 saturated carbocycles. The molecule has 0 atom stereocenters. The van der Waals surface area contributed by atoms with Crippen LogP contribution in [0.3, 0.4) is 0 Å². The number of nitro benzene ring substituents is 4. The van der Waals surface area contributed by atoms with Gasteiger partial charge in [-0.3, -0.25) is 50.3 Å². The molecule has 0 aromatic heterocycles. The number of benzene rings is 2. The molecular formula is C29H38N6O10. The Labute approximate surface area is 259 Å². The highest BCUT2D eigenvalue weighted by atomic mass is 16.6. The smallest absolute Gasteiger partial charge is 0.281 e. The van der Waals surface area contributed by atoms with Gasteiger partial charge in [0.05, 0.1) is 46.4 Å². The number of hydrogen-bond acceptors (Lipinski definition) is 12. The summed E-state index contributed by atoms with van der Waals surface area (Å²) in [5, 5.41) is 45.2. The van der Waals surface area contributed by atoms with Crippen molar-refractivity contribution in [3.8, 4) is 0 Å². The van der Waals surface area contributed by atoms with Crippen molar-refractivity contribution in [2.45, 2.75) is 58.2 Å². The van der Waals surface area contributed by atoms with Gasteiger partial charge in [-0.25, -0.2) is 0 Å². The van der Waals surface area contributed by atoms with Gasteiger partial charge >= 0.3 is 0 Å².